The van der Waals surface area contributed by atoms with Crippen LogP contribution in [0.25, 0.3) is 0 Å². The number of aryl methyl sites for hydroxylation is 1. The van der Waals surface area contributed by atoms with E-state index < -0.39 is 53.1 Å². The molecule has 36 heavy (non-hydrogen) atoms. The fourth-order valence-electron chi connectivity index (χ4n) is 4.23. The summed E-state index contributed by atoms with van der Waals surface area (Å²) in [6.45, 7) is 2.44. The Labute approximate surface area is 204 Å². The molecule has 2 atom stereocenters. The van der Waals surface area contributed by atoms with E-state index in [1.807, 2.05) is 0 Å². The summed E-state index contributed by atoms with van der Waals surface area (Å²) in [7, 11) is 2.97. The summed E-state index contributed by atoms with van der Waals surface area (Å²) in [5, 5.41) is 16.1. The maximum atomic E-state index is 14.2. The van der Waals surface area contributed by atoms with Crippen molar-refractivity contribution in [1.29, 1.82) is 0 Å². The molecular formula is C24H25F2N5O5. The molecule has 1 amide bonds. The first-order valence-electron chi connectivity index (χ1n) is 11.0. The average molecular weight is 501 g/mol. The number of anilines is 3. The molecule has 0 spiro atoms. The van der Waals surface area contributed by atoms with Crippen molar-refractivity contribution in [3.05, 3.63) is 68.0 Å². The Bertz CT molecular complexity index is 1400. The summed E-state index contributed by atoms with van der Waals surface area (Å²) in [5.74, 6) is -4.17. The van der Waals surface area contributed by atoms with Gasteiger partial charge in [0.1, 0.15) is 18.0 Å². The molecule has 1 fully saturated rings. The molecule has 10 nitrogen and oxygen atoms in total. The van der Waals surface area contributed by atoms with Crippen molar-refractivity contribution in [2.24, 2.45) is 0 Å². The van der Waals surface area contributed by atoms with Gasteiger partial charge in [0.15, 0.2) is 11.4 Å². The average Bonchev–Trinajstić information content (AvgIpc) is 3.12. The van der Waals surface area contributed by atoms with Crippen LogP contribution in [0.2, 0.25) is 0 Å². The fourth-order valence-corrected chi connectivity index (χ4v) is 4.23. The van der Waals surface area contributed by atoms with Crippen LogP contribution in [0.5, 0.6) is 5.75 Å². The zero-order valence-corrected chi connectivity index (χ0v) is 20.1. The van der Waals surface area contributed by atoms with Gasteiger partial charge in [0.2, 0.25) is 0 Å². The molecule has 0 saturated carbocycles. The van der Waals surface area contributed by atoms with Gasteiger partial charge >= 0.3 is 0 Å². The lowest BCUT2D eigenvalue weighted by Gasteiger charge is -2.35. The van der Waals surface area contributed by atoms with Crippen LogP contribution < -0.4 is 21.5 Å². The van der Waals surface area contributed by atoms with E-state index in [-0.39, 0.29) is 22.8 Å². The molecule has 1 aromatic carbocycles. The summed E-state index contributed by atoms with van der Waals surface area (Å²) in [4.78, 5) is 46.7. The first-order chi connectivity index (χ1) is 16.8. The van der Waals surface area contributed by atoms with Crippen molar-refractivity contribution >= 4 is 23.0 Å². The summed E-state index contributed by atoms with van der Waals surface area (Å²) in [5.41, 5.74) is -2.83. The standard InChI is InChI=1S/C24H25F2N5O5/c1-12-6-5-8-27-14(12)21(23(2)10-24(25,26)11-36-23)30-16-15(19(33)20(16)34)29-13-7-9-28-17(18(13)32)22(35)31(3)4/h5-9,21,30,32H,10-11H2,1-4H3,(H,28,29)/t21-,23-/m0/s1. The molecule has 1 aliphatic heterocycles. The van der Waals surface area contributed by atoms with Crippen molar-refractivity contribution in [3.8, 4) is 5.75 Å². The molecular weight excluding hydrogens is 476 g/mol. The van der Waals surface area contributed by atoms with E-state index in [1.165, 1.54) is 44.4 Å². The Kier molecular flexibility index (Phi) is 6.25. The number of nitrogens with one attached hydrogen (secondary N) is 2. The fraction of sp³-hybridized carbons (Fsp3) is 0.375. The van der Waals surface area contributed by atoms with E-state index in [1.54, 1.807) is 19.1 Å². The Morgan fingerprint density at radius 1 is 1.17 bits per heavy atom. The lowest BCUT2D eigenvalue weighted by Crippen LogP contribution is -2.44. The van der Waals surface area contributed by atoms with Crippen molar-refractivity contribution in [1.82, 2.24) is 14.9 Å². The quantitative estimate of drug-likeness (QED) is 0.418. The molecule has 3 aromatic rings. The maximum absolute atomic E-state index is 14.2. The first-order valence-corrected chi connectivity index (χ1v) is 11.0. The number of halogens is 2. The smallest absolute Gasteiger partial charge is 0.275 e. The monoisotopic (exact) mass is 501 g/mol. The van der Waals surface area contributed by atoms with Gasteiger partial charge in [-0.2, -0.15) is 0 Å². The second-order valence-corrected chi connectivity index (χ2v) is 9.21. The normalized spacial score (nSPS) is 19.7. The lowest BCUT2D eigenvalue weighted by molar-refractivity contribution is -0.0248. The van der Waals surface area contributed by atoms with E-state index in [0.29, 0.717) is 11.3 Å². The molecule has 0 bridgehead atoms. The number of carbonyl (C=O) groups is 1. The number of hydrogen-bond donors (Lipinski definition) is 3. The van der Waals surface area contributed by atoms with Gasteiger partial charge in [-0.25, -0.2) is 13.8 Å². The van der Waals surface area contributed by atoms with Crippen molar-refractivity contribution in [2.45, 2.75) is 37.8 Å². The van der Waals surface area contributed by atoms with Crippen LogP contribution in [-0.4, -0.2) is 58.1 Å². The van der Waals surface area contributed by atoms with Gasteiger partial charge in [-0.15, -0.1) is 0 Å². The summed E-state index contributed by atoms with van der Waals surface area (Å²) >= 11 is 0. The summed E-state index contributed by atoms with van der Waals surface area (Å²) < 4.78 is 33.9. The van der Waals surface area contributed by atoms with Crippen LogP contribution in [0.3, 0.4) is 0 Å². The Morgan fingerprint density at radius 3 is 2.47 bits per heavy atom. The van der Waals surface area contributed by atoms with Gasteiger partial charge in [-0.05, 0) is 31.5 Å². The molecule has 3 heterocycles. The van der Waals surface area contributed by atoms with Crippen LogP contribution in [0, 0.1) is 6.92 Å². The van der Waals surface area contributed by atoms with Gasteiger partial charge in [-0.3, -0.25) is 19.4 Å². The molecule has 3 N–H and O–H groups in total. The minimum absolute atomic E-state index is 0.0363. The number of aromatic nitrogens is 2. The van der Waals surface area contributed by atoms with E-state index in [0.717, 1.165) is 0 Å². The number of aromatic hydroxyl groups is 1. The van der Waals surface area contributed by atoms with Crippen molar-refractivity contribution < 1.29 is 23.4 Å². The molecule has 2 aromatic heterocycles. The van der Waals surface area contributed by atoms with Gasteiger partial charge < -0.3 is 25.4 Å². The molecule has 1 saturated heterocycles. The molecule has 0 radical (unpaired) electrons. The zero-order chi connectivity index (χ0) is 26.4. The van der Waals surface area contributed by atoms with Gasteiger partial charge in [-0.1, -0.05) is 6.07 Å². The van der Waals surface area contributed by atoms with Crippen molar-refractivity contribution in [2.75, 3.05) is 31.3 Å². The number of nitrogens with zero attached hydrogens (tertiary/aromatic N) is 3. The summed E-state index contributed by atoms with van der Waals surface area (Å²) in [6.07, 6.45) is 2.12. The Hall–Kier alpha value is -3.93. The number of carbonyl (C=O) groups excluding carboxylic acids is 1. The molecule has 0 aliphatic carbocycles. The van der Waals surface area contributed by atoms with Crippen LogP contribution >= 0.6 is 0 Å². The Balaban J connectivity index is 1.72. The minimum atomic E-state index is -3.08. The van der Waals surface area contributed by atoms with E-state index in [2.05, 4.69) is 20.6 Å². The second-order valence-electron chi connectivity index (χ2n) is 9.21. The van der Waals surface area contributed by atoms with Crippen LogP contribution in [-0.2, 0) is 4.74 Å². The third kappa shape index (κ3) is 4.39. The number of alkyl halides is 2. The SMILES string of the molecule is Cc1cccnc1[C@H](Nc1c(Nc2ccnc(C(=O)N(C)C)c2O)c(=O)c1=O)[C@]1(C)CC(F)(F)CO1. The van der Waals surface area contributed by atoms with E-state index in [9.17, 15) is 28.3 Å². The highest BCUT2D eigenvalue weighted by molar-refractivity contribution is 5.97. The predicted octanol–water partition coefficient (Wildman–Crippen LogP) is 2.50. The zero-order valence-electron chi connectivity index (χ0n) is 20.1. The molecule has 1 aliphatic rings. The predicted molar refractivity (Wildman–Crippen MR) is 128 cm³/mol. The lowest BCUT2D eigenvalue weighted by atomic mass is 9.87. The number of amides is 1. The van der Waals surface area contributed by atoms with Crippen LogP contribution in [0.15, 0.2) is 40.2 Å². The van der Waals surface area contributed by atoms with E-state index in [4.69, 9.17) is 4.74 Å². The Morgan fingerprint density at radius 2 is 1.86 bits per heavy atom. The summed E-state index contributed by atoms with van der Waals surface area (Å²) in [6, 6.07) is 3.75. The number of rotatable bonds is 7. The third-order valence-electron chi connectivity index (χ3n) is 6.15. The maximum Gasteiger partial charge on any atom is 0.275 e. The molecule has 12 heteroatoms. The second kappa shape index (κ2) is 8.94. The highest BCUT2D eigenvalue weighted by atomic mass is 19.3. The van der Waals surface area contributed by atoms with Gasteiger partial charge in [0.05, 0.1) is 23.0 Å². The van der Waals surface area contributed by atoms with Crippen LogP contribution in [0.4, 0.5) is 25.8 Å². The van der Waals surface area contributed by atoms with Gasteiger partial charge in [0, 0.05) is 32.9 Å². The molecule has 4 rings (SSSR count). The molecule has 190 valence electrons. The highest BCUT2D eigenvalue weighted by Gasteiger charge is 2.53. The van der Waals surface area contributed by atoms with Crippen LogP contribution in [0.1, 0.15) is 41.1 Å². The van der Waals surface area contributed by atoms with Crippen molar-refractivity contribution in [3.63, 3.8) is 0 Å². The number of pyridine rings is 2. The number of ether oxygens (including phenoxy) is 1. The minimum Gasteiger partial charge on any atom is -0.504 e. The van der Waals surface area contributed by atoms with E-state index >= 15 is 0 Å². The van der Waals surface area contributed by atoms with Gasteiger partial charge in [0.25, 0.3) is 22.7 Å². The number of hydrogen-bond acceptors (Lipinski definition) is 9. The third-order valence-corrected chi connectivity index (χ3v) is 6.15. The molecule has 0 unspecified atom stereocenters. The first kappa shape index (κ1) is 25.2. The topological polar surface area (TPSA) is 134 Å². The highest BCUT2D eigenvalue weighted by Crippen LogP contribution is 2.46. The largest absolute Gasteiger partial charge is 0.504 e.